The lowest BCUT2D eigenvalue weighted by Gasteiger charge is -2.07. The highest BCUT2D eigenvalue weighted by Gasteiger charge is 2.18. The van der Waals surface area contributed by atoms with Crippen LogP contribution in [0.25, 0.3) is 11.4 Å². The lowest BCUT2D eigenvalue weighted by Crippen LogP contribution is -2.02. The van der Waals surface area contributed by atoms with Gasteiger partial charge in [0, 0.05) is 16.8 Å². The van der Waals surface area contributed by atoms with Crippen molar-refractivity contribution in [3.8, 4) is 17.1 Å². The number of fused-ring (bicyclic) bond motifs is 1. The molecule has 1 aromatic carbocycles. The molecule has 0 unspecified atom stereocenters. The van der Waals surface area contributed by atoms with Crippen LogP contribution in [0, 0.1) is 5.82 Å². The van der Waals surface area contributed by atoms with Crippen LogP contribution in [-0.4, -0.2) is 15.1 Å². The number of nitrogens with zero attached hydrogens (tertiary/aromatic N) is 2. The number of aryl methyl sites for hydroxylation is 1. The first-order chi connectivity index (χ1) is 8.65. The van der Waals surface area contributed by atoms with Crippen molar-refractivity contribution in [3.05, 3.63) is 35.3 Å². The molecule has 0 saturated heterocycles. The summed E-state index contributed by atoms with van der Waals surface area (Å²) in [4.78, 5) is 8.62. The van der Waals surface area contributed by atoms with E-state index < -0.39 is 5.82 Å². The monoisotopic (exact) mass is 245 g/mol. The number of halogens is 1. The van der Waals surface area contributed by atoms with Crippen LogP contribution in [0.3, 0.4) is 0 Å². The average Bonchev–Trinajstić information content (AvgIpc) is 2.81. The summed E-state index contributed by atoms with van der Waals surface area (Å²) in [5, 5.41) is 9.16. The molecule has 0 saturated carbocycles. The smallest absolute Gasteiger partial charge is 0.165 e. The van der Waals surface area contributed by atoms with E-state index >= 15 is 0 Å². The lowest BCUT2D eigenvalue weighted by atomic mass is 10.1. The maximum atomic E-state index is 13.3. The van der Waals surface area contributed by atoms with Crippen LogP contribution in [0.1, 0.15) is 17.7 Å². The number of hydrogen-bond acceptors (Lipinski definition) is 4. The van der Waals surface area contributed by atoms with Crippen molar-refractivity contribution in [2.75, 3.05) is 5.73 Å². The minimum Gasteiger partial charge on any atom is -0.505 e. The molecule has 4 nitrogen and oxygen atoms in total. The first-order valence-electron chi connectivity index (χ1n) is 5.79. The fraction of sp³-hybridized carbons (Fsp3) is 0.231. The third kappa shape index (κ3) is 1.68. The van der Waals surface area contributed by atoms with Crippen LogP contribution in [0.5, 0.6) is 5.75 Å². The lowest BCUT2D eigenvalue weighted by molar-refractivity contribution is 0.432. The van der Waals surface area contributed by atoms with Gasteiger partial charge in [0.25, 0.3) is 0 Å². The van der Waals surface area contributed by atoms with Gasteiger partial charge in [0.05, 0.1) is 0 Å². The summed E-state index contributed by atoms with van der Waals surface area (Å²) < 4.78 is 13.3. The van der Waals surface area contributed by atoms with Gasteiger partial charge in [0.2, 0.25) is 0 Å². The van der Waals surface area contributed by atoms with E-state index in [1.54, 1.807) is 6.07 Å². The Morgan fingerprint density at radius 1 is 1.22 bits per heavy atom. The average molecular weight is 245 g/mol. The number of aromatic nitrogens is 2. The number of hydrogen-bond donors (Lipinski definition) is 2. The number of phenols is 1. The van der Waals surface area contributed by atoms with Crippen LogP contribution in [0.4, 0.5) is 10.2 Å². The highest BCUT2D eigenvalue weighted by atomic mass is 19.1. The number of aromatic hydroxyl groups is 1. The number of anilines is 1. The molecule has 0 bridgehead atoms. The van der Waals surface area contributed by atoms with E-state index in [2.05, 4.69) is 9.97 Å². The third-order valence-corrected chi connectivity index (χ3v) is 3.17. The van der Waals surface area contributed by atoms with Gasteiger partial charge in [-0.1, -0.05) is 0 Å². The molecule has 18 heavy (non-hydrogen) atoms. The topological polar surface area (TPSA) is 72.0 Å². The Balaban J connectivity index is 2.12. The van der Waals surface area contributed by atoms with E-state index in [0.29, 0.717) is 17.2 Å². The van der Waals surface area contributed by atoms with Crippen molar-refractivity contribution in [3.63, 3.8) is 0 Å². The molecule has 0 aliphatic heterocycles. The molecule has 5 heteroatoms. The molecule has 3 rings (SSSR count). The van der Waals surface area contributed by atoms with Gasteiger partial charge in [-0.25, -0.2) is 14.4 Å². The minimum atomic E-state index is -0.685. The van der Waals surface area contributed by atoms with Crippen LogP contribution in [-0.2, 0) is 12.8 Å². The summed E-state index contributed by atoms with van der Waals surface area (Å²) in [6, 6.07) is 4.08. The quantitative estimate of drug-likeness (QED) is 0.806. The number of nitrogen functional groups attached to an aromatic ring is 1. The van der Waals surface area contributed by atoms with E-state index in [1.165, 1.54) is 12.1 Å². The predicted molar refractivity (Wildman–Crippen MR) is 65.5 cm³/mol. The Labute approximate surface area is 103 Å². The molecule has 92 valence electrons. The zero-order chi connectivity index (χ0) is 12.7. The molecule has 0 spiro atoms. The van der Waals surface area contributed by atoms with Gasteiger partial charge in [-0.15, -0.1) is 0 Å². The Morgan fingerprint density at radius 2 is 2.06 bits per heavy atom. The van der Waals surface area contributed by atoms with Gasteiger partial charge in [0.1, 0.15) is 5.82 Å². The van der Waals surface area contributed by atoms with E-state index in [-0.39, 0.29) is 5.75 Å². The van der Waals surface area contributed by atoms with Crippen molar-refractivity contribution >= 4 is 5.82 Å². The van der Waals surface area contributed by atoms with Crippen molar-refractivity contribution < 1.29 is 9.50 Å². The summed E-state index contributed by atoms with van der Waals surface area (Å²) >= 11 is 0. The highest BCUT2D eigenvalue weighted by Crippen LogP contribution is 2.28. The maximum Gasteiger partial charge on any atom is 0.165 e. The summed E-state index contributed by atoms with van der Waals surface area (Å²) in [6.45, 7) is 0. The van der Waals surface area contributed by atoms with E-state index in [9.17, 15) is 4.39 Å². The van der Waals surface area contributed by atoms with Crippen molar-refractivity contribution in [2.24, 2.45) is 0 Å². The van der Waals surface area contributed by atoms with Crippen LogP contribution >= 0.6 is 0 Å². The molecule has 0 radical (unpaired) electrons. The van der Waals surface area contributed by atoms with Crippen molar-refractivity contribution in [1.29, 1.82) is 0 Å². The number of nitrogens with two attached hydrogens (primary N) is 1. The largest absolute Gasteiger partial charge is 0.505 e. The summed E-state index contributed by atoms with van der Waals surface area (Å²) in [6.07, 6.45) is 2.82. The second-order valence-electron chi connectivity index (χ2n) is 4.38. The van der Waals surface area contributed by atoms with Gasteiger partial charge in [-0.2, -0.15) is 0 Å². The minimum absolute atomic E-state index is 0.382. The van der Waals surface area contributed by atoms with E-state index in [1.807, 2.05) is 0 Å². The normalized spacial score (nSPS) is 13.6. The maximum absolute atomic E-state index is 13.3. The summed E-state index contributed by atoms with van der Waals surface area (Å²) in [5.74, 6) is -0.184. The van der Waals surface area contributed by atoms with Gasteiger partial charge in [-0.3, -0.25) is 0 Å². The third-order valence-electron chi connectivity index (χ3n) is 3.17. The van der Waals surface area contributed by atoms with Crippen LogP contribution in [0.2, 0.25) is 0 Å². The Bertz CT molecular complexity index is 628. The second-order valence-corrected chi connectivity index (χ2v) is 4.38. The zero-order valence-electron chi connectivity index (χ0n) is 9.65. The highest BCUT2D eigenvalue weighted by molar-refractivity contribution is 5.60. The van der Waals surface area contributed by atoms with E-state index in [4.69, 9.17) is 10.8 Å². The van der Waals surface area contributed by atoms with Crippen LogP contribution in [0.15, 0.2) is 18.2 Å². The Kier molecular flexibility index (Phi) is 2.40. The molecule has 1 aliphatic carbocycles. The molecule has 0 fully saturated rings. The molecule has 1 aromatic heterocycles. The zero-order valence-corrected chi connectivity index (χ0v) is 9.65. The second kappa shape index (κ2) is 3.94. The molecule has 0 amide bonds. The Hall–Kier alpha value is -2.17. The fourth-order valence-corrected chi connectivity index (χ4v) is 2.24. The van der Waals surface area contributed by atoms with Gasteiger partial charge >= 0.3 is 0 Å². The van der Waals surface area contributed by atoms with Crippen molar-refractivity contribution in [2.45, 2.75) is 19.3 Å². The Morgan fingerprint density at radius 3 is 2.83 bits per heavy atom. The van der Waals surface area contributed by atoms with E-state index in [0.717, 1.165) is 30.5 Å². The first-order valence-corrected chi connectivity index (χ1v) is 5.79. The van der Waals surface area contributed by atoms with Crippen LogP contribution < -0.4 is 5.73 Å². The molecule has 1 heterocycles. The molecule has 3 N–H and O–H groups in total. The van der Waals surface area contributed by atoms with Gasteiger partial charge < -0.3 is 10.8 Å². The fourth-order valence-electron chi connectivity index (χ4n) is 2.24. The molecule has 1 aliphatic rings. The van der Waals surface area contributed by atoms with Gasteiger partial charge in [0.15, 0.2) is 17.4 Å². The molecule has 2 aromatic rings. The first kappa shape index (κ1) is 11.0. The summed E-state index contributed by atoms with van der Waals surface area (Å²) in [7, 11) is 0. The molecular weight excluding hydrogens is 233 g/mol. The standard InChI is InChI=1S/C13H12FN3O/c14-9-6-7(4-5-11(9)18)13-16-10-3-1-2-8(10)12(15)17-13/h4-6,18H,1-3H2,(H2,15,16,17). The number of phenolic OH excluding ortho intramolecular Hbond substituents is 1. The van der Waals surface area contributed by atoms with Gasteiger partial charge in [-0.05, 0) is 37.5 Å². The summed E-state index contributed by atoms with van der Waals surface area (Å²) in [5.41, 5.74) is 8.37. The van der Waals surface area contributed by atoms with Crippen molar-refractivity contribution in [1.82, 2.24) is 9.97 Å². The molecular formula is C13H12FN3O. The molecule has 0 atom stereocenters. The number of rotatable bonds is 1. The number of benzene rings is 1. The SMILES string of the molecule is Nc1nc(-c2ccc(O)c(F)c2)nc2c1CCC2. The predicted octanol–water partition coefficient (Wildman–Crippen LogP) is 2.06.